The van der Waals surface area contributed by atoms with E-state index in [4.69, 9.17) is 30.5 Å². The molecule has 1 N–H and O–H groups in total. The molecule has 1 amide bonds. The van der Waals surface area contributed by atoms with Crippen molar-refractivity contribution >= 4 is 29.2 Å². The summed E-state index contributed by atoms with van der Waals surface area (Å²) in [6.07, 6.45) is 0. The molecule has 8 heteroatoms. The van der Waals surface area contributed by atoms with Gasteiger partial charge in [0.05, 0.1) is 37.1 Å². The van der Waals surface area contributed by atoms with Crippen LogP contribution < -0.4 is 19.5 Å². The highest BCUT2D eigenvalue weighted by Gasteiger charge is 2.18. The predicted octanol–water partition coefficient (Wildman–Crippen LogP) is 3.86. The number of benzene rings is 2. The van der Waals surface area contributed by atoms with Gasteiger partial charge < -0.3 is 24.3 Å². The van der Waals surface area contributed by atoms with E-state index in [0.29, 0.717) is 29.5 Å². The maximum atomic E-state index is 12.3. The number of halogens is 1. The van der Waals surface area contributed by atoms with Crippen LogP contribution in [0.5, 0.6) is 17.2 Å². The third-order valence-electron chi connectivity index (χ3n) is 3.72. The maximum absolute atomic E-state index is 12.3. The van der Waals surface area contributed by atoms with Crippen LogP contribution in [0.25, 0.3) is 0 Å². The molecular formula is C20H22ClNO6. The van der Waals surface area contributed by atoms with E-state index >= 15 is 0 Å². The fourth-order valence-corrected chi connectivity index (χ4v) is 2.71. The summed E-state index contributed by atoms with van der Waals surface area (Å²) in [4.78, 5) is 24.4. The smallest absolute Gasteiger partial charge is 0.338 e. The average Bonchev–Trinajstić information content (AvgIpc) is 2.67. The zero-order chi connectivity index (χ0) is 20.7. The topological polar surface area (TPSA) is 83.1 Å². The zero-order valence-electron chi connectivity index (χ0n) is 16.1. The Morgan fingerprint density at radius 1 is 1.07 bits per heavy atom. The Labute approximate surface area is 168 Å². The van der Waals surface area contributed by atoms with Gasteiger partial charge in [0.15, 0.2) is 18.1 Å². The zero-order valence-corrected chi connectivity index (χ0v) is 16.9. The van der Waals surface area contributed by atoms with Crippen molar-refractivity contribution in [3.05, 3.63) is 46.5 Å². The van der Waals surface area contributed by atoms with E-state index in [1.807, 2.05) is 13.0 Å². The molecule has 0 atom stereocenters. The summed E-state index contributed by atoms with van der Waals surface area (Å²) in [6.45, 7) is 3.61. The maximum Gasteiger partial charge on any atom is 0.338 e. The molecule has 7 nitrogen and oxygen atoms in total. The number of anilines is 1. The summed E-state index contributed by atoms with van der Waals surface area (Å²) in [5, 5.41) is 2.87. The molecule has 0 saturated carbocycles. The lowest BCUT2D eigenvalue weighted by atomic mass is 10.2. The number of hydrogen-bond acceptors (Lipinski definition) is 6. The minimum Gasteiger partial charge on any atom is -0.495 e. The third kappa shape index (κ3) is 5.29. The van der Waals surface area contributed by atoms with Gasteiger partial charge in [-0.3, -0.25) is 4.79 Å². The number of carbonyl (C=O) groups excluding carboxylic acids is 2. The highest BCUT2D eigenvalue weighted by molar-refractivity contribution is 6.32. The molecular weight excluding hydrogens is 386 g/mol. The standard InChI is InChI=1S/C20H22ClNO6/c1-5-27-19-14(21)9-13(10-17(19)26-4)20(24)28-11-18(23)22-15-8-12(2)6-7-16(15)25-3/h6-10H,5,11H2,1-4H3,(H,22,23). The molecule has 0 spiro atoms. The SMILES string of the molecule is CCOc1c(Cl)cc(C(=O)OCC(=O)Nc2cc(C)ccc2OC)cc1OC. The Morgan fingerprint density at radius 3 is 2.43 bits per heavy atom. The largest absolute Gasteiger partial charge is 0.495 e. The summed E-state index contributed by atoms with van der Waals surface area (Å²) < 4.78 is 20.9. The van der Waals surface area contributed by atoms with Crippen molar-refractivity contribution < 1.29 is 28.5 Å². The van der Waals surface area contributed by atoms with E-state index in [2.05, 4.69) is 5.32 Å². The molecule has 0 aromatic heterocycles. The van der Waals surface area contributed by atoms with Gasteiger partial charge in [0.25, 0.3) is 5.91 Å². The first-order valence-corrected chi connectivity index (χ1v) is 8.89. The summed E-state index contributed by atoms with van der Waals surface area (Å²) in [6, 6.07) is 8.21. The fraction of sp³-hybridized carbons (Fsp3) is 0.300. The molecule has 0 unspecified atom stereocenters. The van der Waals surface area contributed by atoms with Gasteiger partial charge in [0.2, 0.25) is 0 Å². The minimum atomic E-state index is -0.713. The number of hydrogen-bond donors (Lipinski definition) is 1. The molecule has 2 aromatic rings. The average molecular weight is 408 g/mol. The molecule has 0 aliphatic carbocycles. The van der Waals surface area contributed by atoms with Crippen LogP contribution >= 0.6 is 11.6 Å². The van der Waals surface area contributed by atoms with Crippen molar-refractivity contribution in [2.75, 3.05) is 32.8 Å². The van der Waals surface area contributed by atoms with Gasteiger partial charge in [-0.05, 0) is 43.7 Å². The summed E-state index contributed by atoms with van der Waals surface area (Å²) in [5.74, 6) is -0.0630. The lowest BCUT2D eigenvalue weighted by Crippen LogP contribution is -2.21. The van der Waals surface area contributed by atoms with Gasteiger partial charge >= 0.3 is 5.97 Å². The molecule has 0 saturated heterocycles. The van der Waals surface area contributed by atoms with Crippen molar-refractivity contribution in [3.63, 3.8) is 0 Å². The Balaban J connectivity index is 2.05. The Kier molecular flexibility index (Phi) is 7.52. The number of rotatable bonds is 8. The molecule has 2 rings (SSSR count). The van der Waals surface area contributed by atoms with E-state index in [1.54, 1.807) is 19.1 Å². The van der Waals surface area contributed by atoms with Crippen molar-refractivity contribution in [1.29, 1.82) is 0 Å². The first kappa shape index (κ1) is 21.4. The van der Waals surface area contributed by atoms with Crippen LogP contribution in [-0.2, 0) is 9.53 Å². The van der Waals surface area contributed by atoms with Gasteiger partial charge in [-0.2, -0.15) is 0 Å². The number of ether oxygens (including phenoxy) is 4. The van der Waals surface area contributed by atoms with Gasteiger partial charge in [-0.25, -0.2) is 4.79 Å². The molecule has 0 bridgehead atoms. The van der Waals surface area contributed by atoms with Crippen LogP contribution in [-0.4, -0.2) is 39.3 Å². The second-order valence-corrected chi connectivity index (χ2v) is 6.16. The monoisotopic (exact) mass is 407 g/mol. The Morgan fingerprint density at radius 2 is 1.79 bits per heavy atom. The molecule has 0 radical (unpaired) electrons. The number of aryl methyl sites for hydroxylation is 1. The second kappa shape index (κ2) is 9.85. The minimum absolute atomic E-state index is 0.145. The Bertz CT molecular complexity index is 868. The van der Waals surface area contributed by atoms with Crippen LogP contribution in [0.2, 0.25) is 5.02 Å². The third-order valence-corrected chi connectivity index (χ3v) is 4.00. The van der Waals surface area contributed by atoms with E-state index in [-0.39, 0.29) is 10.6 Å². The normalized spacial score (nSPS) is 10.2. The number of esters is 1. The van der Waals surface area contributed by atoms with E-state index in [0.717, 1.165) is 5.56 Å². The molecule has 2 aromatic carbocycles. The van der Waals surface area contributed by atoms with Crippen molar-refractivity contribution in [2.45, 2.75) is 13.8 Å². The van der Waals surface area contributed by atoms with E-state index < -0.39 is 18.5 Å². The van der Waals surface area contributed by atoms with E-state index in [9.17, 15) is 9.59 Å². The van der Waals surface area contributed by atoms with Crippen LogP contribution in [0.3, 0.4) is 0 Å². The lowest BCUT2D eigenvalue weighted by Gasteiger charge is -2.13. The molecule has 0 aliphatic heterocycles. The van der Waals surface area contributed by atoms with Gasteiger partial charge in [0, 0.05) is 0 Å². The van der Waals surface area contributed by atoms with Crippen molar-refractivity contribution in [1.82, 2.24) is 0 Å². The van der Waals surface area contributed by atoms with Gasteiger partial charge in [0.1, 0.15) is 5.75 Å². The number of nitrogens with one attached hydrogen (secondary N) is 1. The van der Waals surface area contributed by atoms with Crippen molar-refractivity contribution in [2.24, 2.45) is 0 Å². The summed E-state index contributed by atoms with van der Waals surface area (Å²) in [7, 11) is 2.94. The second-order valence-electron chi connectivity index (χ2n) is 5.75. The highest BCUT2D eigenvalue weighted by Crippen LogP contribution is 2.36. The molecule has 0 fully saturated rings. The molecule has 0 heterocycles. The first-order chi connectivity index (χ1) is 13.4. The number of carbonyl (C=O) groups is 2. The first-order valence-electron chi connectivity index (χ1n) is 8.51. The van der Waals surface area contributed by atoms with Crippen LogP contribution in [0.4, 0.5) is 5.69 Å². The Hall–Kier alpha value is -2.93. The number of amides is 1. The number of methoxy groups -OCH3 is 2. The van der Waals surface area contributed by atoms with Crippen molar-refractivity contribution in [3.8, 4) is 17.2 Å². The van der Waals surface area contributed by atoms with Gasteiger partial charge in [-0.15, -0.1) is 0 Å². The fourth-order valence-electron chi connectivity index (χ4n) is 2.44. The van der Waals surface area contributed by atoms with Crippen LogP contribution in [0.15, 0.2) is 30.3 Å². The van der Waals surface area contributed by atoms with E-state index in [1.165, 1.54) is 26.4 Å². The molecule has 150 valence electrons. The predicted molar refractivity (Wildman–Crippen MR) is 106 cm³/mol. The van der Waals surface area contributed by atoms with Crippen LogP contribution in [0.1, 0.15) is 22.8 Å². The molecule has 28 heavy (non-hydrogen) atoms. The molecule has 0 aliphatic rings. The summed E-state index contributed by atoms with van der Waals surface area (Å²) >= 11 is 6.15. The quantitative estimate of drug-likeness (QED) is 0.669. The van der Waals surface area contributed by atoms with Crippen LogP contribution in [0, 0.1) is 6.92 Å². The summed E-state index contributed by atoms with van der Waals surface area (Å²) in [5.41, 5.74) is 1.59. The highest BCUT2D eigenvalue weighted by atomic mass is 35.5. The van der Waals surface area contributed by atoms with Gasteiger partial charge in [-0.1, -0.05) is 17.7 Å². The lowest BCUT2D eigenvalue weighted by molar-refractivity contribution is -0.119.